The number of anilines is 2. The smallest absolute Gasteiger partial charge is 0.277 e. The highest BCUT2D eigenvalue weighted by Crippen LogP contribution is 2.36. The number of aliphatic hydroxyl groups excluding tert-OH is 1. The van der Waals surface area contributed by atoms with Gasteiger partial charge >= 0.3 is 0 Å². The van der Waals surface area contributed by atoms with Crippen molar-refractivity contribution in [2.24, 2.45) is 0 Å². The summed E-state index contributed by atoms with van der Waals surface area (Å²) in [5.74, 6) is -1.84. The van der Waals surface area contributed by atoms with Crippen molar-refractivity contribution in [1.82, 2.24) is 30.6 Å². The van der Waals surface area contributed by atoms with Crippen molar-refractivity contribution in [2.45, 2.75) is 121 Å². The number of ether oxygens (including phenoxy) is 1. The average molecular weight is 935 g/mol. The summed E-state index contributed by atoms with van der Waals surface area (Å²) in [5.41, 5.74) is 4.27. The van der Waals surface area contributed by atoms with Crippen LogP contribution in [-0.2, 0) is 36.4 Å². The molecule has 2 aromatic carbocycles. The average Bonchev–Trinajstić information content (AvgIpc) is 4.19. The zero-order valence-corrected chi connectivity index (χ0v) is 39.9. The summed E-state index contributed by atoms with van der Waals surface area (Å²) in [6.45, 7) is 11.4. The number of amides is 4. The van der Waals surface area contributed by atoms with Crippen molar-refractivity contribution in [3.8, 4) is 0 Å². The van der Waals surface area contributed by atoms with Crippen LogP contribution in [0.3, 0.4) is 0 Å². The number of hydrogen-bond acceptors (Lipinski definition) is 10. The fraction of sp³-hybridized carbons (Fsp3) is 0.389. The number of benzene rings is 2. The van der Waals surface area contributed by atoms with Gasteiger partial charge < -0.3 is 29.9 Å². The van der Waals surface area contributed by atoms with Gasteiger partial charge in [-0.15, -0.1) is 0 Å². The van der Waals surface area contributed by atoms with Crippen molar-refractivity contribution in [2.75, 3.05) is 23.0 Å². The number of imidazole rings is 1. The Labute approximate surface area is 403 Å². The van der Waals surface area contributed by atoms with E-state index in [0.29, 0.717) is 48.6 Å². The van der Waals surface area contributed by atoms with Crippen molar-refractivity contribution >= 4 is 35.0 Å². The Morgan fingerprint density at radius 1 is 0.739 bits per heavy atom. The molecule has 8 rings (SSSR count). The number of rotatable bonds is 16. The van der Waals surface area contributed by atoms with Gasteiger partial charge in [0.05, 0.1) is 31.4 Å². The van der Waals surface area contributed by atoms with E-state index in [9.17, 15) is 24.3 Å². The standard InChI is InChI=1S/C54H62N8O7/c1-53(2,3)37-16-21-42(22-17-37)61(51(66)44-32-56-34-58-44)47(50(65)60-41-25-28-68-33-41)36-15-20-40(57-31-36)29-54(4,5)38-18-23-43(24-19-38)62(52(67)48(63)45-14-10-27-69-45)46(35-11-9-26-55-30-35)49(64)59-39-12-7-6-8-13-39/h9-11,14-24,26-27,30-32,34,39,41,46-48,63H,6-8,12-13,25,28-29,33H2,1-5H3,(H,56,58)(H,59,64)(H,60,65)/t41-,46?,47?,48?/m1/s1. The zero-order valence-electron chi connectivity index (χ0n) is 39.9. The molecule has 3 unspecified atom stereocenters. The van der Waals surface area contributed by atoms with Gasteiger partial charge in [0.15, 0.2) is 6.10 Å². The summed E-state index contributed by atoms with van der Waals surface area (Å²) in [7, 11) is 0. The molecule has 1 saturated heterocycles. The maximum Gasteiger partial charge on any atom is 0.277 e. The SMILES string of the molecule is CC(C)(C)c1ccc(N(C(=O)c2cnc[nH]2)C(C(=O)N[C@@H]2CCOC2)c2ccc(CC(C)(C)c3ccc(N(C(=O)C(O)c4ccco4)C(C(=O)NC4CCCCC4)c4cccnc4)cc3)nc2)cc1. The minimum absolute atomic E-state index is 0.0347. The number of carbonyl (C=O) groups excluding carboxylic acids is 4. The summed E-state index contributed by atoms with van der Waals surface area (Å²) in [6.07, 6.45) is 13.4. The van der Waals surface area contributed by atoms with E-state index in [0.717, 1.165) is 48.9 Å². The Kier molecular flexibility index (Phi) is 14.8. The van der Waals surface area contributed by atoms with Crippen LogP contribution in [0.25, 0.3) is 0 Å². The highest BCUT2D eigenvalue weighted by molar-refractivity contribution is 6.09. The molecule has 4 atom stereocenters. The summed E-state index contributed by atoms with van der Waals surface area (Å²) < 4.78 is 11.0. The van der Waals surface area contributed by atoms with E-state index in [1.165, 1.54) is 34.7 Å². The monoisotopic (exact) mass is 934 g/mol. The van der Waals surface area contributed by atoms with E-state index in [4.69, 9.17) is 14.1 Å². The second-order valence-corrected chi connectivity index (χ2v) is 19.8. The first-order chi connectivity index (χ1) is 33.2. The third-order valence-electron chi connectivity index (χ3n) is 13.2. The van der Waals surface area contributed by atoms with Crippen LogP contribution < -0.4 is 20.4 Å². The molecule has 4 N–H and O–H groups in total. The van der Waals surface area contributed by atoms with Gasteiger partial charge in [-0.1, -0.05) is 90.3 Å². The first-order valence-corrected chi connectivity index (χ1v) is 23.8. The second kappa shape index (κ2) is 21.1. The van der Waals surface area contributed by atoms with Crippen LogP contribution in [-0.4, -0.2) is 74.0 Å². The number of aliphatic hydroxyl groups is 1. The Morgan fingerprint density at radius 3 is 1.99 bits per heavy atom. The molecular formula is C54H62N8O7. The molecule has 4 aromatic heterocycles. The van der Waals surface area contributed by atoms with Crippen LogP contribution in [0.5, 0.6) is 0 Å². The first kappa shape index (κ1) is 48.5. The number of furan rings is 1. The van der Waals surface area contributed by atoms with E-state index < -0.39 is 35.4 Å². The number of nitrogens with zero attached hydrogens (tertiary/aromatic N) is 5. The summed E-state index contributed by atoms with van der Waals surface area (Å²) in [4.78, 5) is 76.9. The topological polar surface area (TPSA) is 196 Å². The molecule has 360 valence electrons. The highest BCUT2D eigenvalue weighted by atomic mass is 16.5. The molecular weight excluding hydrogens is 873 g/mol. The molecule has 0 radical (unpaired) electrons. The Bertz CT molecular complexity index is 2640. The van der Waals surface area contributed by atoms with E-state index >= 15 is 0 Å². The molecule has 5 heterocycles. The Balaban J connectivity index is 1.09. The van der Waals surface area contributed by atoms with Gasteiger partial charge in [0.1, 0.15) is 23.5 Å². The van der Waals surface area contributed by atoms with Crippen LogP contribution in [0.4, 0.5) is 11.4 Å². The summed E-state index contributed by atoms with van der Waals surface area (Å²) in [6, 6.07) is 22.9. The van der Waals surface area contributed by atoms with Gasteiger partial charge in [-0.25, -0.2) is 4.98 Å². The number of aromatic amines is 1. The van der Waals surface area contributed by atoms with Crippen LogP contribution in [0.15, 0.2) is 127 Å². The Morgan fingerprint density at radius 2 is 1.41 bits per heavy atom. The van der Waals surface area contributed by atoms with Gasteiger partial charge in [-0.05, 0) is 96.2 Å². The van der Waals surface area contributed by atoms with Gasteiger partial charge in [0, 0.05) is 59.4 Å². The van der Waals surface area contributed by atoms with Crippen molar-refractivity contribution < 1.29 is 33.4 Å². The molecule has 2 aliphatic rings. The lowest BCUT2D eigenvalue weighted by atomic mass is 9.80. The maximum atomic E-state index is 14.5. The lowest BCUT2D eigenvalue weighted by Gasteiger charge is -2.34. The van der Waals surface area contributed by atoms with Crippen LogP contribution in [0.1, 0.15) is 136 Å². The van der Waals surface area contributed by atoms with E-state index in [2.05, 4.69) is 60.2 Å². The maximum absolute atomic E-state index is 14.5. The Hall–Kier alpha value is -6.97. The predicted octanol–water partition coefficient (Wildman–Crippen LogP) is 8.16. The van der Waals surface area contributed by atoms with Crippen LogP contribution >= 0.6 is 0 Å². The third kappa shape index (κ3) is 11.3. The molecule has 0 bridgehead atoms. The fourth-order valence-corrected chi connectivity index (χ4v) is 9.27. The number of aromatic nitrogens is 4. The van der Waals surface area contributed by atoms with Crippen molar-refractivity contribution in [3.05, 3.63) is 162 Å². The molecule has 4 amide bonds. The second-order valence-electron chi connectivity index (χ2n) is 19.8. The first-order valence-electron chi connectivity index (χ1n) is 23.8. The highest BCUT2D eigenvalue weighted by Gasteiger charge is 2.39. The third-order valence-corrected chi connectivity index (χ3v) is 13.2. The molecule has 1 aliphatic heterocycles. The largest absolute Gasteiger partial charge is 0.466 e. The molecule has 15 nitrogen and oxygen atoms in total. The van der Waals surface area contributed by atoms with Crippen LogP contribution in [0.2, 0.25) is 0 Å². The normalized spacial score (nSPS) is 16.8. The summed E-state index contributed by atoms with van der Waals surface area (Å²) >= 11 is 0. The quantitative estimate of drug-likeness (QED) is 0.0735. The van der Waals surface area contributed by atoms with Gasteiger partial charge in [0.25, 0.3) is 11.8 Å². The number of pyridine rings is 2. The fourth-order valence-electron chi connectivity index (χ4n) is 9.27. The molecule has 1 saturated carbocycles. The number of carbonyl (C=O) groups is 4. The van der Waals surface area contributed by atoms with E-state index in [1.807, 2.05) is 48.5 Å². The zero-order chi connectivity index (χ0) is 48.7. The molecule has 2 fully saturated rings. The minimum Gasteiger partial charge on any atom is -0.466 e. The summed E-state index contributed by atoms with van der Waals surface area (Å²) in [5, 5.41) is 17.7. The number of hydrogen-bond donors (Lipinski definition) is 4. The van der Waals surface area contributed by atoms with Gasteiger partial charge in [0.2, 0.25) is 11.8 Å². The lowest BCUT2D eigenvalue weighted by Crippen LogP contribution is -2.48. The minimum atomic E-state index is -1.68. The van der Waals surface area contributed by atoms with Crippen molar-refractivity contribution in [1.29, 1.82) is 0 Å². The number of H-pyrrole nitrogens is 1. The van der Waals surface area contributed by atoms with Gasteiger partial charge in [-0.3, -0.25) is 38.9 Å². The molecule has 1 aliphatic carbocycles. The van der Waals surface area contributed by atoms with E-state index in [1.54, 1.807) is 48.9 Å². The van der Waals surface area contributed by atoms with Crippen molar-refractivity contribution in [3.63, 3.8) is 0 Å². The molecule has 6 aromatic rings. The predicted molar refractivity (Wildman–Crippen MR) is 261 cm³/mol. The molecule has 69 heavy (non-hydrogen) atoms. The van der Waals surface area contributed by atoms with Crippen LogP contribution in [0, 0.1) is 0 Å². The molecule has 15 heteroatoms. The van der Waals surface area contributed by atoms with Gasteiger partial charge in [-0.2, -0.15) is 0 Å². The molecule has 0 spiro atoms. The number of nitrogens with one attached hydrogen (secondary N) is 3. The lowest BCUT2D eigenvalue weighted by molar-refractivity contribution is -0.132. The van der Waals surface area contributed by atoms with E-state index in [-0.39, 0.29) is 40.8 Å².